The van der Waals surface area contributed by atoms with Crippen molar-refractivity contribution in [2.45, 2.75) is 59.1 Å². The van der Waals surface area contributed by atoms with Crippen molar-refractivity contribution in [2.75, 3.05) is 6.54 Å². The van der Waals surface area contributed by atoms with Crippen molar-refractivity contribution in [1.29, 1.82) is 0 Å². The zero-order valence-electron chi connectivity index (χ0n) is 13.7. The Hall–Kier alpha value is -1.52. The summed E-state index contributed by atoms with van der Waals surface area (Å²) in [5.41, 5.74) is -0.523. The van der Waals surface area contributed by atoms with Crippen LogP contribution in [-0.4, -0.2) is 30.2 Å². The normalized spacial score (nSPS) is 16.9. The molecule has 1 atom stereocenters. The van der Waals surface area contributed by atoms with E-state index in [0.717, 1.165) is 12.8 Å². The number of carbonyl (C=O) groups excluding carboxylic acids is 2. The van der Waals surface area contributed by atoms with Crippen LogP contribution >= 0.6 is 0 Å². The molecule has 0 saturated heterocycles. The van der Waals surface area contributed by atoms with E-state index in [4.69, 9.17) is 4.74 Å². The van der Waals surface area contributed by atoms with Gasteiger partial charge in [0.2, 0.25) is 5.91 Å². The second-order valence-electron chi connectivity index (χ2n) is 6.88. The van der Waals surface area contributed by atoms with Gasteiger partial charge < -0.3 is 15.4 Å². The van der Waals surface area contributed by atoms with Crippen LogP contribution in [0.4, 0.5) is 4.79 Å². The van der Waals surface area contributed by atoms with Crippen molar-refractivity contribution in [1.82, 2.24) is 10.6 Å². The second-order valence-corrected chi connectivity index (χ2v) is 6.88. The van der Waals surface area contributed by atoms with Gasteiger partial charge in [-0.05, 0) is 39.5 Å². The third kappa shape index (κ3) is 6.65. The first-order chi connectivity index (χ1) is 9.69. The summed E-state index contributed by atoms with van der Waals surface area (Å²) in [6.45, 7) is 9.91. The Morgan fingerprint density at radius 3 is 2.29 bits per heavy atom. The van der Waals surface area contributed by atoms with Crippen molar-refractivity contribution >= 4 is 12.0 Å². The van der Waals surface area contributed by atoms with Crippen molar-refractivity contribution in [3.63, 3.8) is 0 Å². The molecule has 5 heteroatoms. The Labute approximate surface area is 127 Å². The molecular formula is C16H28N2O3. The summed E-state index contributed by atoms with van der Waals surface area (Å²) in [6, 6.07) is -0.141. The summed E-state index contributed by atoms with van der Waals surface area (Å²) in [7, 11) is 0. The fourth-order valence-corrected chi connectivity index (χ4v) is 2.10. The SMILES string of the molecule is CC(C)C(CNC(=O)C1CC=CC1)NC(=O)OC(C)(C)C. The molecule has 1 aliphatic rings. The van der Waals surface area contributed by atoms with Crippen LogP contribution in [0.25, 0.3) is 0 Å². The molecule has 120 valence electrons. The Balaban J connectivity index is 2.42. The zero-order chi connectivity index (χ0) is 16.0. The minimum absolute atomic E-state index is 0.0411. The number of alkyl carbamates (subject to hydrolysis) is 1. The van der Waals surface area contributed by atoms with Gasteiger partial charge in [0.15, 0.2) is 0 Å². The highest BCUT2D eigenvalue weighted by Gasteiger charge is 2.24. The van der Waals surface area contributed by atoms with E-state index >= 15 is 0 Å². The van der Waals surface area contributed by atoms with Gasteiger partial charge in [0.05, 0.1) is 6.04 Å². The van der Waals surface area contributed by atoms with Crippen molar-refractivity contribution in [2.24, 2.45) is 11.8 Å². The molecule has 0 spiro atoms. The maximum atomic E-state index is 12.0. The zero-order valence-corrected chi connectivity index (χ0v) is 13.7. The molecule has 0 bridgehead atoms. The van der Waals surface area contributed by atoms with Crippen LogP contribution in [-0.2, 0) is 9.53 Å². The van der Waals surface area contributed by atoms with Gasteiger partial charge in [-0.2, -0.15) is 0 Å². The van der Waals surface area contributed by atoms with Crippen molar-refractivity contribution in [3.05, 3.63) is 12.2 Å². The molecule has 0 aliphatic heterocycles. The van der Waals surface area contributed by atoms with E-state index in [1.165, 1.54) is 0 Å². The molecule has 21 heavy (non-hydrogen) atoms. The number of allylic oxidation sites excluding steroid dienone is 2. The Bertz CT molecular complexity index is 389. The van der Waals surface area contributed by atoms with E-state index in [1.54, 1.807) is 0 Å². The predicted molar refractivity (Wildman–Crippen MR) is 82.9 cm³/mol. The number of nitrogens with one attached hydrogen (secondary N) is 2. The molecule has 2 amide bonds. The number of rotatable bonds is 5. The number of carbonyl (C=O) groups is 2. The molecule has 1 rings (SSSR count). The molecule has 0 fully saturated rings. The largest absolute Gasteiger partial charge is 0.444 e. The molecule has 0 radical (unpaired) electrons. The van der Waals surface area contributed by atoms with Crippen LogP contribution in [0.5, 0.6) is 0 Å². The van der Waals surface area contributed by atoms with Crippen LogP contribution in [0.2, 0.25) is 0 Å². The summed E-state index contributed by atoms with van der Waals surface area (Å²) in [5, 5.41) is 5.75. The van der Waals surface area contributed by atoms with E-state index in [0.29, 0.717) is 6.54 Å². The topological polar surface area (TPSA) is 67.4 Å². The molecule has 0 heterocycles. The van der Waals surface area contributed by atoms with Gasteiger partial charge in [-0.3, -0.25) is 4.79 Å². The monoisotopic (exact) mass is 296 g/mol. The summed E-state index contributed by atoms with van der Waals surface area (Å²) in [6.07, 6.45) is 5.22. The molecule has 0 aromatic carbocycles. The number of ether oxygens (including phenoxy) is 1. The van der Waals surface area contributed by atoms with Gasteiger partial charge in [-0.25, -0.2) is 4.79 Å². The van der Waals surface area contributed by atoms with Crippen molar-refractivity contribution < 1.29 is 14.3 Å². The Morgan fingerprint density at radius 1 is 1.24 bits per heavy atom. The highest BCUT2D eigenvalue weighted by molar-refractivity contribution is 5.79. The number of amides is 2. The summed E-state index contributed by atoms with van der Waals surface area (Å²) in [4.78, 5) is 23.8. The lowest BCUT2D eigenvalue weighted by Crippen LogP contribution is -2.48. The smallest absolute Gasteiger partial charge is 0.407 e. The standard InChI is InChI=1S/C16H28N2O3/c1-11(2)13(18-15(20)21-16(3,4)5)10-17-14(19)12-8-6-7-9-12/h6-7,11-13H,8-10H2,1-5H3,(H,17,19)(H,18,20). The molecule has 1 aliphatic carbocycles. The average Bonchev–Trinajstić information content (AvgIpc) is 2.85. The molecule has 0 aromatic heterocycles. The number of hydrogen-bond donors (Lipinski definition) is 2. The van der Waals surface area contributed by atoms with Gasteiger partial charge in [0.25, 0.3) is 0 Å². The van der Waals surface area contributed by atoms with Crippen LogP contribution in [0, 0.1) is 11.8 Å². The second kappa shape index (κ2) is 7.48. The van der Waals surface area contributed by atoms with Crippen LogP contribution in [0.1, 0.15) is 47.5 Å². The molecule has 0 aromatic rings. The van der Waals surface area contributed by atoms with E-state index < -0.39 is 11.7 Å². The number of hydrogen-bond acceptors (Lipinski definition) is 3. The third-order valence-corrected chi connectivity index (χ3v) is 3.38. The van der Waals surface area contributed by atoms with E-state index in [1.807, 2.05) is 46.8 Å². The Kier molecular flexibility index (Phi) is 6.24. The van der Waals surface area contributed by atoms with Gasteiger partial charge in [-0.1, -0.05) is 26.0 Å². The lowest BCUT2D eigenvalue weighted by molar-refractivity contribution is -0.124. The van der Waals surface area contributed by atoms with E-state index in [2.05, 4.69) is 10.6 Å². The first-order valence-electron chi connectivity index (χ1n) is 7.61. The van der Waals surface area contributed by atoms with Gasteiger partial charge in [0.1, 0.15) is 5.60 Å². The van der Waals surface area contributed by atoms with Gasteiger partial charge in [0, 0.05) is 12.5 Å². The lowest BCUT2D eigenvalue weighted by atomic mass is 10.0. The van der Waals surface area contributed by atoms with E-state index in [-0.39, 0.29) is 23.8 Å². The Morgan fingerprint density at radius 2 is 1.81 bits per heavy atom. The highest BCUT2D eigenvalue weighted by atomic mass is 16.6. The van der Waals surface area contributed by atoms with Crippen molar-refractivity contribution in [3.8, 4) is 0 Å². The molecule has 5 nitrogen and oxygen atoms in total. The van der Waals surface area contributed by atoms with Crippen LogP contribution in [0.15, 0.2) is 12.2 Å². The first kappa shape index (κ1) is 17.5. The summed E-state index contributed by atoms with van der Waals surface area (Å²) in [5.74, 6) is 0.301. The minimum atomic E-state index is -0.523. The first-order valence-corrected chi connectivity index (χ1v) is 7.61. The minimum Gasteiger partial charge on any atom is -0.444 e. The fourth-order valence-electron chi connectivity index (χ4n) is 2.10. The molecule has 1 unspecified atom stereocenters. The van der Waals surface area contributed by atoms with Gasteiger partial charge in [-0.15, -0.1) is 0 Å². The molecule has 2 N–H and O–H groups in total. The van der Waals surface area contributed by atoms with E-state index in [9.17, 15) is 9.59 Å². The third-order valence-electron chi connectivity index (χ3n) is 3.38. The highest BCUT2D eigenvalue weighted by Crippen LogP contribution is 2.17. The average molecular weight is 296 g/mol. The maximum Gasteiger partial charge on any atom is 0.407 e. The summed E-state index contributed by atoms with van der Waals surface area (Å²) >= 11 is 0. The lowest BCUT2D eigenvalue weighted by Gasteiger charge is -2.26. The van der Waals surface area contributed by atoms with Gasteiger partial charge >= 0.3 is 6.09 Å². The fraction of sp³-hybridized carbons (Fsp3) is 0.750. The molecular weight excluding hydrogens is 268 g/mol. The predicted octanol–water partition coefficient (Wildman–Crippen LogP) is 2.62. The molecule has 0 saturated carbocycles. The maximum absolute atomic E-state index is 12.0. The van der Waals surface area contributed by atoms with Crippen LogP contribution in [0.3, 0.4) is 0 Å². The summed E-state index contributed by atoms with van der Waals surface area (Å²) < 4.78 is 5.25. The van der Waals surface area contributed by atoms with Crippen LogP contribution < -0.4 is 10.6 Å². The quantitative estimate of drug-likeness (QED) is 0.766.